The van der Waals surface area contributed by atoms with Gasteiger partial charge in [-0.15, -0.1) is 11.3 Å². The first kappa shape index (κ1) is 19.9. The molecule has 0 radical (unpaired) electrons. The summed E-state index contributed by atoms with van der Waals surface area (Å²) < 4.78 is 11.0. The van der Waals surface area contributed by atoms with Crippen LogP contribution in [-0.2, 0) is 0 Å². The summed E-state index contributed by atoms with van der Waals surface area (Å²) in [4.78, 5) is 29.6. The fourth-order valence-electron chi connectivity index (χ4n) is 3.30. The molecule has 0 saturated heterocycles. The molecule has 0 saturated carbocycles. The molecule has 156 valence electrons. The van der Waals surface area contributed by atoms with Crippen LogP contribution in [0.4, 0.5) is 0 Å². The number of fused-ring (bicyclic) bond motifs is 1. The van der Waals surface area contributed by atoms with E-state index < -0.39 is 11.6 Å². The van der Waals surface area contributed by atoms with Crippen molar-refractivity contribution < 1.29 is 13.9 Å². The number of aryl methyl sites for hydroxylation is 1. The summed E-state index contributed by atoms with van der Waals surface area (Å²) in [6.45, 7) is 1.95. The topological polar surface area (TPSA) is 69.4 Å². The van der Waals surface area contributed by atoms with E-state index in [-0.39, 0.29) is 0 Å². The van der Waals surface area contributed by atoms with Crippen molar-refractivity contribution in [2.24, 2.45) is 0 Å². The van der Waals surface area contributed by atoms with Gasteiger partial charge >= 0.3 is 11.6 Å². The number of rotatable bonds is 4. The summed E-state index contributed by atoms with van der Waals surface area (Å²) in [5, 5.41) is 3.22. The number of esters is 1. The smallest absolute Gasteiger partial charge is 0.346 e. The third kappa shape index (κ3) is 3.96. The van der Waals surface area contributed by atoms with Crippen LogP contribution >= 0.6 is 11.3 Å². The number of carbonyl (C=O) groups excluding carboxylic acids is 1. The van der Waals surface area contributed by atoms with Gasteiger partial charge in [-0.05, 0) is 37.3 Å². The number of benzene rings is 3. The van der Waals surface area contributed by atoms with Crippen molar-refractivity contribution in [3.05, 3.63) is 106 Å². The average molecular weight is 439 g/mol. The molecule has 5 rings (SSSR count). The van der Waals surface area contributed by atoms with Crippen LogP contribution < -0.4 is 10.4 Å². The van der Waals surface area contributed by atoms with Crippen molar-refractivity contribution in [2.45, 2.75) is 6.92 Å². The quantitative estimate of drug-likeness (QED) is 0.192. The van der Waals surface area contributed by atoms with Gasteiger partial charge in [0.05, 0.1) is 16.8 Å². The molecule has 0 bridgehead atoms. The summed E-state index contributed by atoms with van der Waals surface area (Å²) in [6, 6.07) is 23.6. The number of hydrogen-bond donors (Lipinski definition) is 0. The zero-order valence-electron chi connectivity index (χ0n) is 17.1. The Morgan fingerprint density at radius 3 is 2.53 bits per heavy atom. The number of ether oxygens (including phenoxy) is 1. The third-order valence-corrected chi connectivity index (χ3v) is 5.88. The third-order valence-electron chi connectivity index (χ3n) is 5.01. The van der Waals surface area contributed by atoms with Crippen molar-refractivity contribution in [1.29, 1.82) is 0 Å². The van der Waals surface area contributed by atoms with Crippen LogP contribution in [0.5, 0.6) is 5.75 Å². The van der Waals surface area contributed by atoms with E-state index in [1.807, 2.05) is 54.8 Å². The normalized spacial score (nSPS) is 10.9. The Hall–Kier alpha value is -4.03. The highest BCUT2D eigenvalue weighted by molar-refractivity contribution is 7.13. The molecule has 6 heteroatoms. The van der Waals surface area contributed by atoms with Gasteiger partial charge in [-0.25, -0.2) is 14.6 Å². The van der Waals surface area contributed by atoms with E-state index >= 15 is 0 Å². The molecule has 0 aliphatic rings. The predicted molar refractivity (Wildman–Crippen MR) is 125 cm³/mol. The SMILES string of the molecule is Cc1ccc(C(=O)Oc2ccc3cc(-c4nc(-c5ccccc5)cs4)c(=O)oc3c2)cc1. The first-order valence-corrected chi connectivity index (χ1v) is 10.8. The largest absolute Gasteiger partial charge is 0.423 e. The number of aromatic nitrogens is 1. The molecular formula is C26H17NO4S. The Bertz CT molecular complexity index is 1480. The maximum atomic E-state index is 12.7. The molecule has 32 heavy (non-hydrogen) atoms. The lowest BCUT2D eigenvalue weighted by atomic mass is 10.1. The molecule has 5 nitrogen and oxygen atoms in total. The van der Waals surface area contributed by atoms with Crippen molar-refractivity contribution in [3.8, 4) is 27.6 Å². The van der Waals surface area contributed by atoms with Crippen molar-refractivity contribution in [1.82, 2.24) is 4.98 Å². The Morgan fingerprint density at radius 1 is 0.969 bits per heavy atom. The minimum atomic E-state index is -0.492. The molecule has 0 amide bonds. The molecule has 0 fully saturated rings. The minimum Gasteiger partial charge on any atom is -0.423 e. The molecule has 5 aromatic rings. The zero-order valence-corrected chi connectivity index (χ0v) is 17.9. The highest BCUT2D eigenvalue weighted by atomic mass is 32.1. The van der Waals surface area contributed by atoms with E-state index in [1.54, 1.807) is 36.4 Å². The summed E-state index contributed by atoms with van der Waals surface area (Å²) >= 11 is 1.39. The Labute approximate surface area is 187 Å². The van der Waals surface area contributed by atoms with E-state index in [1.165, 1.54) is 11.3 Å². The highest BCUT2D eigenvalue weighted by Crippen LogP contribution is 2.29. The van der Waals surface area contributed by atoms with Crippen LogP contribution in [0.25, 0.3) is 32.8 Å². The van der Waals surface area contributed by atoms with Crippen molar-refractivity contribution >= 4 is 28.3 Å². The van der Waals surface area contributed by atoms with Gasteiger partial charge < -0.3 is 9.15 Å². The van der Waals surface area contributed by atoms with Gasteiger partial charge in [-0.1, -0.05) is 48.0 Å². The summed E-state index contributed by atoms with van der Waals surface area (Å²) in [6.07, 6.45) is 0. The molecule has 0 unspecified atom stereocenters. The van der Waals surface area contributed by atoms with E-state index in [0.717, 1.165) is 16.8 Å². The molecule has 2 aromatic heterocycles. The molecule has 0 spiro atoms. The Kier molecular flexibility index (Phi) is 5.13. The van der Waals surface area contributed by atoms with Gasteiger partial charge in [0.15, 0.2) is 0 Å². The molecule has 0 atom stereocenters. The van der Waals surface area contributed by atoms with Gasteiger partial charge in [0.2, 0.25) is 0 Å². The minimum absolute atomic E-state index is 0.305. The van der Waals surface area contributed by atoms with Crippen LogP contribution in [0, 0.1) is 6.92 Å². The van der Waals surface area contributed by atoms with Crippen LogP contribution in [0.3, 0.4) is 0 Å². The summed E-state index contributed by atoms with van der Waals surface area (Å²) in [5.74, 6) is -0.167. The molecule has 0 aliphatic heterocycles. The molecule has 0 N–H and O–H groups in total. The predicted octanol–water partition coefficient (Wildman–Crippen LogP) is 6.11. The van der Waals surface area contributed by atoms with Gasteiger partial charge in [-0.3, -0.25) is 0 Å². The first-order chi connectivity index (χ1) is 15.6. The fourth-order valence-corrected chi connectivity index (χ4v) is 4.13. The summed E-state index contributed by atoms with van der Waals surface area (Å²) in [5.41, 5.74) is 3.55. The molecular weight excluding hydrogens is 422 g/mol. The van der Waals surface area contributed by atoms with E-state index in [4.69, 9.17) is 9.15 Å². The Balaban J connectivity index is 1.44. The number of thiazole rings is 1. The standard InChI is InChI=1S/C26H17NO4S/c1-16-7-9-18(10-8-16)25(28)30-20-12-11-19-13-21(26(29)31-23(19)14-20)24-27-22(15-32-24)17-5-3-2-4-6-17/h2-15H,1H3. The van der Waals surface area contributed by atoms with Crippen LogP contribution in [0.2, 0.25) is 0 Å². The second kappa shape index (κ2) is 8.24. The fraction of sp³-hybridized carbons (Fsp3) is 0.0385. The van der Waals surface area contributed by atoms with Crippen LogP contribution in [-0.4, -0.2) is 11.0 Å². The van der Waals surface area contributed by atoms with Crippen LogP contribution in [0.1, 0.15) is 15.9 Å². The van der Waals surface area contributed by atoms with Gasteiger partial charge in [0.25, 0.3) is 0 Å². The maximum Gasteiger partial charge on any atom is 0.346 e. The van der Waals surface area contributed by atoms with E-state index in [9.17, 15) is 9.59 Å². The van der Waals surface area contributed by atoms with Gasteiger partial charge in [0.1, 0.15) is 16.3 Å². The number of carbonyl (C=O) groups is 1. The van der Waals surface area contributed by atoms with Crippen LogP contribution in [0.15, 0.2) is 93.5 Å². The van der Waals surface area contributed by atoms with Crippen molar-refractivity contribution in [2.75, 3.05) is 0 Å². The zero-order chi connectivity index (χ0) is 22.1. The number of nitrogens with zero attached hydrogens (tertiary/aromatic N) is 1. The van der Waals surface area contributed by atoms with Gasteiger partial charge in [-0.2, -0.15) is 0 Å². The van der Waals surface area contributed by atoms with Crippen molar-refractivity contribution in [3.63, 3.8) is 0 Å². The second-order valence-corrected chi connectivity index (χ2v) is 8.16. The number of hydrogen-bond acceptors (Lipinski definition) is 6. The van der Waals surface area contributed by atoms with Gasteiger partial charge in [0, 0.05) is 22.4 Å². The highest BCUT2D eigenvalue weighted by Gasteiger charge is 2.14. The second-order valence-electron chi connectivity index (χ2n) is 7.31. The van der Waals surface area contributed by atoms with E-state index in [0.29, 0.717) is 32.9 Å². The lowest BCUT2D eigenvalue weighted by Crippen LogP contribution is -2.08. The Morgan fingerprint density at radius 2 is 1.75 bits per heavy atom. The lowest BCUT2D eigenvalue weighted by Gasteiger charge is -2.06. The molecule has 3 aromatic carbocycles. The summed E-state index contributed by atoms with van der Waals surface area (Å²) in [7, 11) is 0. The average Bonchev–Trinajstić information content (AvgIpc) is 3.29. The lowest BCUT2D eigenvalue weighted by molar-refractivity contribution is 0.0735. The first-order valence-electron chi connectivity index (χ1n) is 9.95. The monoisotopic (exact) mass is 439 g/mol. The molecule has 2 heterocycles. The maximum absolute atomic E-state index is 12.7. The molecule has 0 aliphatic carbocycles. The van der Waals surface area contributed by atoms with E-state index in [2.05, 4.69) is 4.98 Å².